The zero-order valence-corrected chi connectivity index (χ0v) is 34.6. The Morgan fingerprint density at radius 3 is 2.22 bits per heavy atom. The minimum absolute atomic E-state index is 0.0279. The molecule has 2 unspecified atom stereocenters. The minimum atomic E-state index is -0.366. The zero-order chi connectivity index (χ0) is 38.2. The minimum Gasteiger partial charge on any atom is -0.462 e. The molecule has 0 aromatic heterocycles. The number of nitrogens with one attached hydrogen (secondary N) is 4. The van der Waals surface area contributed by atoms with E-state index in [1.54, 1.807) is 13.1 Å². The molecule has 1 heterocycles. The SMILES string of the molecule is C=C/C=C\C(CNC(=O)C(NC(=C)C(CC=C)CC[C@H](CC1CCCCC1)NC(=C)[C@@H](NC)C1SCCS1)[C@H](C)CC)=NC.CC(C)(C)OC=O. The molecule has 4 N–H and O–H groups in total. The Balaban J connectivity index is 0.00000167. The van der Waals surface area contributed by atoms with E-state index in [0.29, 0.717) is 23.6 Å². The van der Waals surface area contributed by atoms with Crippen LogP contribution in [0, 0.1) is 17.8 Å². The Labute approximate surface area is 320 Å². The Morgan fingerprint density at radius 2 is 1.71 bits per heavy atom. The van der Waals surface area contributed by atoms with Gasteiger partial charge in [-0.25, -0.2) is 0 Å². The van der Waals surface area contributed by atoms with Crippen LogP contribution in [0.2, 0.25) is 0 Å². The lowest BCUT2D eigenvalue weighted by atomic mass is 9.82. The number of nitrogens with zero attached hydrogens (tertiary/aromatic N) is 1. The summed E-state index contributed by atoms with van der Waals surface area (Å²) in [4.78, 5) is 27.3. The predicted octanol–water partition coefficient (Wildman–Crippen LogP) is 8.20. The molecule has 2 fully saturated rings. The van der Waals surface area contributed by atoms with Crippen molar-refractivity contribution in [3.05, 3.63) is 62.0 Å². The monoisotopic (exact) mass is 745 g/mol. The highest BCUT2D eigenvalue weighted by Gasteiger charge is 2.30. The molecule has 1 saturated heterocycles. The normalized spacial score (nSPS) is 18.7. The van der Waals surface area contributed by atoms with Gasteiger partial charge < -0.3 is 26.0 Å². The molecule has 0 radical (unpaired) electrons. The highest BCUT2D eigenvalue weighted by atomic mass is 32.2. The van der Waals surface area contributed by atoms with Gasteiger partial charge in [0.2, 0.25) is 5.91 Å². The molecule has 8 nitrogen and oxygen atoms in total. The van der Waals surface area contributed by atoms with E-state index < -0.39 is 0 Å². The number of ether oxygens (including phenoxy) is 1. The largest absolute Gasteiger partial charge is 0.462 e. The number of likely N-dealkylation sites (N-methyl/N-ethyl adjacent to an activating group) is 1. The number of rotatable bonds is 23. The summed E-state index contributed by atoms with van der Waals surface area (Å²) in [5, 5.41) is 14.1. The number of amides is 1. The number of allylic oxidation sites excluding steroid dienone is 4. The van der Waals surface area contributed by atoms with Gasteiger partial charge in [0.05, 0.1) is 22.9 Å². The number of aliphatic imine (C=N–C) groups is 1. The maximum atomic E-state index is 13.4. The predicted molar refractivity (Wildman–Crippen MR) is 224 cm³/mol. The lowest BCUT2D eigenvalue weighted by molar-refractivity contribution is -0.138. The molecule has 0 bridgehead atoms. The third-order valence-electron chi connectivity index (χ3n) is 9.54. The summed E-state index contributed by atoms with van der Waals surface area (Å²) in [6, 6.07) is 0.249. The van der Waals surface area contributed by atoms with Gasteiger partial charge in [-0.3, -0.25) is 14.6 Å². The van der Waals surface area contributed by atoms with Crippen LogP contribution < -0.4 is 21.3 Å². The molecule has 5 atom stereocenters. The first-order valence-electron chi connectivity index (χ1n) is 18.9. The Morgan fingerprint density at radius 1 is 1.04 bits per heavy atom. The van der Waals surface area contributed by atoms with Crippen LogP contribution in [0.3, 0.4) is 0 Å². The van der Waals surface area contributed by atoms with Crippen LogP contribution >= 0.6 is 23.5 Å². The van der Waals surface area contributed by atoms with Crippen LogP contribution in [0.15, 0.2) is 67.0 Å². The van der Waals surface area contributed by atoms with Crippen LogP contribution in [-0.2, 0) is 14.3 Å². The fraction of sp³-hybridized carbons (Fsp3) is 0.683. The summed E-state index contributed by atoms with van der Waals surface area (Å²) >= 11 is 4.08. The maximum Gasteiger partial charge on any atom is 0.293 e. The maximum absolute atomic E-state index is 13.4. The molecule has 51 heavy (non-hydrogen) atoms. The van der Waals surface area contributed by atoms with Crippen molar-refractivity contribution in [3.63, 3.8) is 0 Å². The second-order valence-corrected chi connectivity index (χ2v) is 17.5. The van der Waals surface area contributed by atoms with E-state index >= 15 is 0 Å². The van der Waals surface area contributed by atoms with E-state index in [2.05, 4.69) is 78.2 Å². The molecule has 1 amide bonds. The van der Waals surface area contributed by atoms with Crippen LogP contribution in [0.5, 0.6) is 0 Å². The average Bonchev–Trinajstić information content (AvgIpc) is 3.63. The van der Waals surface area contributed by atoms with E-state index in [1.165, 1.54) is 50.0 Å². The lowest BCUT2D eigenvalue weighted by Gasteiger charge is -2.33. The van der Waals surface area contributed by atoms with Crippen molar-refractivity contribution in [1.29, 1.82) is 0 Å². The van der Waals surface area contributed by atoms with Crippen molar-refractivity contribution in [2.24, 2.45) is 22.7 Å². The highest BCUT2D eigenvalue weighted by molar-refractivity contribution is 8.20. The molecule has 10 heteroatoms. The molecule has 290 valence electrons. The summed E-state index contributed by atoms with van der Waals surface area (Å²) in [7, 11) is 3.79. The van der Waals surface area contributed by atoms with E-state index in [0.717, 1.165) is 48.7 Å². The molecule has 2 aliphatic rings. The third kappa shape index (κ3) is 19.3. The number of thioether (sulfide) groups is 2. The van der Waals surface area contributed by atoms with Gasteiger partial charge in [-0.15, -0.1) is 30.1 Å². The van der Waals surface area contributed by atoms with E-state index in [4.69, 9.17) is 0 Å². The van der Waals surface area contributed by atoms with Crippen molar-refractivity contribution in [2.75, 3.05) is 32.1 Å². The molecule has 1 saturated carbocycles. The smallest absolute Gasteiger partial charge is 0.293 e. The van der Waals surface area contributed by atoms with Gasteiger partial charge in [0, 0.05) is 41.9 Å². The number of hydrogen-bond acceptors (Lipinski definition) is 9. The van der Waals surface area contributed by atoms with Crippen LogP contribution in [0.25, 0.3) is 0 Å². The van der Waals surface area contributed by atoms with Crippen molar-refractivity contribution in [3.8, 4) is 0 Å². The average molecular weight is 746 g/mol. The molecular weight excluding hydrogens is 675 g/mol. The molecule has 0 aromatic carbocycles. The first-order valence-corrected chi connectivity index (χ1v) is 21.0. The van der Waals surface area contributed by atoms with Crippen LogP contribution in [-0.4, -0.2) is 78.5 Å². The Kier molecular flexibility index (Phi) is 24.1. The number of carbonyl (C=O) groups excluding carboxylic acids is 2. The van der Waals surface area contributed by atoms with Crippen molar-refractivity contribution in [1.82, 2.24) is 21.3 Å². The summed E-state index contributed by atoms with van der Waals surface area (Å²) in [5.41, 5.74) is 2.52. The summed E-state index contributed by atoms with van der Waals surface area (Å²) in [5.74, 6) is 3.50. The van der Waals surface area contributed by atoms with Crippen molar-refractivity contribution < 1.29 is 14.3 Å². The third-order valence-corrected chi connectivity index (χ3v) is 12.7. The van der Waals surface area contributed by atoms with Gasteiger partial charge in [-0.1, -0.05) is 90.3 Å². The quantitative estimate of drug-likeness (QED) is 0.0360. The molecule has 2 rings (SSSR count). The Hall–Kier alpha value is -2.43. The number of hydrogen-bond donors (Lipinski definition) is 4. The Bertz CT molecular complexity index is 1120. The second-order valence-electron chi connectivity index (χ2n) is 14.7. The fourth-order valence-corrected chi connectivity index (χ4v) is 9.53. The highest BCUT2D eigenvalue weighted by Crippen LogP contribution is 2.36. The summed E-state index contributed by atoms with van der Waals surface area (Å²) in [6.45, 7) is 27.3. The van der Waals surface area contributed by atoms with Gasteiger partial charge in [0.1, 0.15) is 11.6 Å². The second kappa shape index (κ2) is 26.4. The molecule has 0 aromatic rings. The van der Waals surface area contributed by atoms with Gasteiger partial charge in [-0.2, -0.15) is 0 Å². The van der Waals surface area contributed by atoms with E-state index in [9.17, 15) is 9.59 Å². The molecule has 1 aliphatic carbocycles. The topological polar surface area (TPSA) is 104 Å². The van der Waals surface area contributed by atoms with Gasteiger partial charge in [-0.05, 0) is 71.4 Å². The van der Waals surface area contributed by atoms with Crippen molar-refractivity contribution in [2.45, 2.75) is 127 Å². The molecule has 1 aliphatic heterocycles. The van der Waals surface area contributed by atoms with Gasteiger partial charge in [0.25, 0.3) is 6.47 Å². The van der Waals surface area contributed by atoms with Gasteiger partial charge >= 0.3 is 0 Å². The molecular formula is C41H71N5O3S2. The van der Waals surface area contributed by atoms with Gasteiger partial charge in [0.15, 0.2) is 0 Å². The van der Waals surface area contributed by atoms with Crippen LogP contribution in [0.4, 0.5) is 0 Å². The van der Waals surface area contributed by atoms with E-state index in [1.807, 2.05) is 62.5 Å². The van der Waals surface area contributed by atoms with Crippen molar-refractivity contribution >= 4 is 41.6 Å². The van der Waals surface area contributed by atoms with Crippen LogP contribution in [0.1, 0.15) is 98.8 Å². The standard InChI is InChI=1S/C36H61N5OS2.C5H10O2/c1-9-12-19-32(37-7)25-39-35(42)33(26(4)11-3)41-27(5)30(16-10-2)20-21-31(24-29-17-14-13-15-18-29)40-28(6)34(38-8)36-43-22-23-44-36;1-5(2,3)7-4-6/h9-10,12,19,26,29-31,33-34,36,38,40-41H,1-2,5-6,11,13-18,20-25H2,3-4,7-8H3,(H,39,42);4H,1-3H3/b19-12-,37-32?;/t26-,30?,31-,33?,34-;/m1./s1. The summed E-state index contributed by atoms with van der Waals surface area (Å²) in [6.07, 6.45) is 19.0. The lowest BCUT2D eigenvalue weighted by Crippen LogP contribution is -2.49. The van der Waals surface area contributed by atoms with E-state index in [-0.39, 0.29) is 35.4 Å². The first kappa shape index (κ1) is 46.6. The fourth-order valence-electron chi connectivity index (χ4n) is 6.35. The molecule has 0 spiro atoms. The summed E-state index contributed by atoms with van der Waals surface area (Å²) < 4.78 is 5.06. The first-order chi connectivity index (χ1) is 24.3. The zero-order valence-electron chi connectivity index (χ0n) is 32.9. The number of carbonyl (C=O) groups is 2.